The molecule has 38 heavy (non-hydrogen) atoms. The summed E-state index contributed by atoms with van der Waals surface area (Å²) in [6, 6.07) is 34.9. The van der Waals surface area contributed by atoms with Gasteiger partial charge in [0.05, 0.1) is 19.0 Å². The number of nitrogens with zero attached hydrogens (tertiary/aromatic N) is 1. The molecule has 188 valence electrons. The second-order valence-electron chi connectivity index (χ2n) is 8.61. The SMILES string of the molecule is COc1ccc(NC(=O)c2ccc(Cl)c(-c3ccc(-c4ccc(OCc5ccccc5)cc4)cc3)c2)cn1. The summed E-state index contributed by atoms with van der Waals surface area (Å²) in [6.45, 7) is 0.531. The van der Waals surface area contributed by atoms with E-state index in [4.69, 9.17) is 21.1 Å². The van der Waals surface area contributed by atoms with Crippen LogP contribution in [-0.2, 0) is 6.61 Å². The number of hydrogen-bond donors (Lipinski definition) is 1. The van der Waals surface area contributed by atoms with Crippen molar-refractivity contribution in [2.24, 2.45) is 0 Å². The van der Waals surface area contributed by atoms with Crippen molar-refractivity contribution in [1.82, 2.24) is 4.98 Å². The Labute approximate surface area is 226 Å². The zero-order valence-electron chi connectivity index (χ0n) is 20.7. The van der Waals surface area contributed by atoms with Gasteiger partial charge in [0.15, 0.2) is 0 Å². The molecule has 5 rings (SSSR count). The van der Waals surface area contributed by atoms with Crippen LogP contribution in [0.4, 0.5) is 5.69 Å². The highest BCUT2D eigenvalue weighted by Crippen LogP contribution is 2.31. The molecule has 1 heterocycles. The van der Waals surface area contributed by atoms with Crippen molar-refractivity contribution in [2.45, 2.75) is 6.61 Å². The lowest BCUT2D eigenvalue weighted by Crippen LogP contribution is -2.12. The van der Waals surface area contributed by atoms with E-state index < -0.39 is 0 Å². The van der Waals surface area contributed by atoms with Gasteiger partial charge >= 0.3 is 0 Å². The van der Waals surface area contributed by atoms with Gasteiger partial charge in [-0.2, -0.15) is 0 Å². The zero-order valence-corrected chi connectivity index (χ0v) is 21.5. The number of anilines is 1. The number of rotatable bonds is 8. The Bertz CT molecular complexity index is 1520. The molecule has 0 unspecified atom stereocenters. The maximum absolute atomic E-state index is 12.8. The summed E-state index contributed by atoms with van der Waals surface area (Å²) in [5.41, 5.74) is 6.05. The molecular weight excluding hydrogens is 496 g/mol. The summed E-state index contributed by atoms with van der Waals surface area (Å²) in [4.78, 5) is 17.0. The minimum Gasteiger partial charge on any atom is -0.489 e. The minimum absolute atomic E-state index is 0.249. The lowest BCUT2D eigenvalue weighted by molar-refractivity contribution is 0.102. The molecule has 0 bridgehead atoms. The van der Waals surface area contributed by atoms with E-state index in [2.05, 4.69) is 10.3 Å². The number of methoxy groups -OCH3 is 1. The quantitative estimate of drug-likeness (QED) is 0.226. The number of carbonyl (C=O) groups is 1. The molecule has 6 heteroatoms. The molecule has 0 aliphatic rings. The molecular formula is C32H25ClN2O3. The number of amides is 1. The maximum atomic E-state index is 12.8. The van der Waals surface area contributed by atoms with Gasteiger partial charge in [0.25, 0.3) is 5.91 Å². The Morgan fingerprint density at radius 2 is 1.50 bits per heavy atom. The van der Waals surface area contributed by atoms with Gasteiger partial charge in [-0.05, 0) is 58.7 Å². The maximum Gasteiger partial charge on any atom is 0.255 e. The second kappa shape index (κ2) is 11.6. The third-order valence-corrected chi connectivity index (χ3v) is 6.39. The van der Waals surface area contributed by atoms with Crippen molar-refractivity contribution >= 4 is 23.2 Å². The number of ether oxygens (including phenoxy) is 2. The minimum atomic E-state index is -0.249. The molecule has 1 aromatic heterocycles. The number of hydrogen-bond acceptors (Lipinski definition) is 4. The largest absolute Gasteiger partial charge is 0.489 e. The van der Waals surface area contributed by atoms with Crippen LogP contribution in [0.15, 0.2) is 115 Å². The van der Waals surface area contributed by atoms with Crippen molar-refractivity contribution < 1.29 is 14.3 Å². The molecule has 1 amide bonds. The monoisotopic (exact) mass is 520 g/mol. The van der Waals surface area contributed by atoms with Crippen LogP contribution in [0.25, 0.3) is 22.3 Å². The van der Waals surface area contributed by atoms with Crippen LogP contribution in [-0.4, -0.2) is 18.0 Å². The highest BCUT2D eigenvalue weighted by molar-refractivity contribution is 6.33. The van der Waals surface area contributed by atoms with Crippen LogP contribution in [0.5, 0.6) is 11.6 Å². The van der Waals surface area contributed by atoms with E-state index >= 15 is 0 Å². The molecule has 1 N–H and O–H groups in total. The third-order valence-electron chi connectivity index (χ3n) is 6.06. The lowest BCUT2D eigenvalue weighted by Gasteiger charge is -2.11. The number of nitrogens with one attached hydrogen (secondary N) is 1. The predicted octanol–water partition coefficient (Wildman–Crippen LogP) is 7.91. The van der Waals surface area contributed by atoms with Gasteiger partial charge in [0.1, 0.15) is 12.4 Å². The van der Waals surface area contributed by atoms with Crippen LogP contribution in [0.3, 0.4) is 0 Å². The Balaban J connectivity index is 1.27. The standard InChI is InChI=1S/C32H25ClN2O3/c1-37-31-18-14-27(20-34-31)35-32(36)26-13-17-30(33)29(19-26)25-9-7-23(8-10-25)24-11-15-28(16-12-24)38-21-22-5-3-2-4-6-22/h2-20H,21H2,1H3,(H,35,36). The van der Waals surface area contributed by atoms with Crippen LogP contribution >= 0.6 is 11.6 Å². The van der Waals surface area contributed by atoms with Gasteiger partial charge < -0.3 is 14.8 Å². The highest BCUT2D eigenvalue weighted by atomic mass is 35.5. The molecule has 0 saturated heterocycles. The average molecular weight is 521 g/mol. The summed E-state index contributed by atoms with van der Waals surface area (Å²) in [5, 5.41) is 3.42. The van der Waals surface area contributed by atoms with Crippen molar-refractivity contribution in [1.29, 1.82) is 0 Å². The molecule has 0 fully saturated rings. The molecule has 0 aliphatic carbocycles. The lowest BCUT2D eigenvalue weighted by atomic mass is 9.99. The molecule has 0 spiro atoms. The molecule has 0 aliphatic heterocycles. The van der Waals surface area contributed by atoms with Crippen LogP contribution in [0.1, 0.15) is 15.9 Å². The Kier molecular flexibility index (Phi) is 7.67. The smallest absolute Gasteiger partial charge is 0.255 e. The third kappa shape index (κ3) is 6.02. The van der Waals surface area contributed by atoms with E-state index in [1.807, 2.05) is 78.9 Å². The Morgan fingerprint density at radius 3 is 2.16 bits per heavy atom. The molecule has 4 aromatic carbocycles. The number of aromatic nitrogens is 1. The fourth-order valence-electron chi connectivity index (χ4n) is 3.99. The van der Waals surface area contributed by atoms with Crippen molar-refractivity contribution in [3.63, 3.8) is 0 Å². The average Bonchev–Trinajstić information content (AvgIpc) is 2.97. The van der Waals surface area contributed by atoms with E-state index in [1.165, 1.54) is 0 Å². The summed E-state index contributed by atoms with van der Waals surface area (Å²) in [6.07, 6.45) is 1.55. The van der Waals surface area contributed by atoms with Crippen LogP contribution < -0.4 is 14.8 Å². The van der Waals surface area contributed by atoms with Gasteiger partial charge in [-0.3, -0.25) is 4.79 Å². The number of halogens is 1. The molecule has 5 nitrogen and oxygen atoms in total. The number of pyridine rings is 1. The summed E-state index contributed by atoms with van der Waals surface area (Å²) in [7, 11) is 1.54. The highest BCUT2D eigenvalue weighted by Gasteiger charge is 2.12. The first kappa shape index (κ1) is 25.1. The fourth-order valence-corrected chi connectivity index (χ4v) is 4.22. The van der Waals surface area contributed by atoms with Gasteiger partial charge in [0.2, 0.25) is 5.88 Å². The van der Waals surface area contributed by atoms with E-state index in [1.54, 1.807) is 43.6 Å². The number of benzene rings is 4. The summed E-state index contributed by atoms with van der Waals surface area (Å²) in [5.74, 6) is 1.05. The first-order chi connectivity index (χ1) is 18.6. The van der Waals surface area contributed by atoms with E-state index in [9.17, 15) is 4.79 Å². The first-order valence-electron chi connectivity index (χ1n) is 12.1. The topological polar surface area (TPSA) is 60.5 Å². The van der Waals surface area contributed by atoms with Crippen molar-refractivity contribution in [2.75, 3.05) is 12.4 Å². The molecule has 0 atom stereocenters. The summed E-state index contributed by atoms with van der Waals surface area (Å²) >= 11 is 6.51. The van der Waals surface area contributed by atoms with Gasteiger partial charge in [-0.25, -0.2) is 4.98 Å². The Morgan fingerprint density at radius 1 is 0.816 bits per heavy atom. The molecule has 0 radical (unpaired) electrons. The van der Waals surface area contributed by atoms with Crippen molar-refractivity contribution in [3.05, 3.63) is 132 Å². The summed E-state index contributed by atoms with van der Waals surface area (Å²) < 4.78 is 11.0. The molecule has 5 aromatic rings. The van der Waals surface area contributed by atoms with Gasteiger partial charge in [-0.1, -0.05) is 78.3 Å². The number of carbonyl (C=O) groups excluding carboxylic acids is 1. The van der Waals surface area contributed by atoms with Crippen molar-refractivity contribution in [3.8, 4) is 33.9 Å². The second-order valence-corrected chi connectivity index (χ2v) is 9.02. The van der Waals surface area contributed by atoms with E-state index in [0.29, 0.717) is 28.8 Å². The predicted molar refractivity (Wildman–Crippen MR) is 152 cm³/mol. The van der Waals surface area contributed by atoms with E-state index in [0.717, 1.165) is 33.6 Å². The first-order valence-corrected chi connectivity index (χ1v) is 12.5. The van der Waals surface area contributed by atoms with Gasteiger partial charge in [0, 0.05) is 22.2 Å². The van der Waals surface area contributed by atoms with Crippen LogP contribution in [0, 0.1) is 0 Å². The molecule has 0 saturated carbocycles. The van der Waals surface area contributed by atoms with E-state index in [-0.39, 0.29) is 5.91 Å². The normalized spacial score (nSPS) is 10.6. The fraction of sp³-hybridized carbons (Fsp3) is 0.0625. The van der Waals surface area contributed by atoms with Crippen LogP contribution in [0.2, 0.25) is 5.02 Å². The zero-order chi connectivity index (χ0) is 26.3. The Hall–Kier alpha value is -4.61. The van der Waals surface area contributed by atoms with Gasteiger partial charge in [-0.15, -0.1) is 0 Å².